The van der Waals surface area contributed by atoms with E-state index < -0.39 is 0 Å². The Hall–Kier alpha value is -1.06. The third-order valence-electron chi connectivity index (χ3n) is 3.14. The van der Waals surface area contributed by atoms with Crippen LogP contribution >= 0.6 is 31.9 Å². The van der Waals surface area contributed by atoms with Crippen molar-refractivity contribution in [2.45, 2.75) is 6.54 Å². The first kappa shape index (κ1) is 12.0. The number of allylic oxidation sites excluding steroid dienone is 1. The van der Waals surface area contributed by atoms with Crippen molar-refractivity contribution in [3.8, 4) is 0 Å². The Morgan fingerprint density at radius 3 is 2.61 bits per heavy atom. The van der Waals surface area contributed by atoms with E-state index in [0.29, 0.717) is 0 Å². The molecule has 0 unspecified atom stereocenters. The Bertz CT molecular complexity index is 756. The van der Waals surface area contributed by atoms with Crippen LogP contribution in [0.2, 0.25) is 0 Å². The van der Waals surface area contributed by atoms with E-state index in [-0.39, 0.29) is 0 Å². The summed E-state index contributed by atoms with van der Waals surface area (Å²) in [6, 6.07) is 12.7. The van der Waals surface area contributed by atoms with E-state index in [0.717, 1.165) is 15.5 Å². The van der Waals surface area contributed by atoms with Gasteiger partial charge in [-0.2, -0.15) is 0 Å². The molecule has 90 valence electrons. The fourth-order valence-corrected chi connectivity index (χ4v) is 3.28. The summed E-state index contributed by atoms with van der Waals surface area (Å²) in [6.07, 6.45) is 1.93. The second-order valence-corrected chi connectivity index (χ2v) is 5.82. The fraction of sp³-hybridized carbons (Fsp3) is 0.0667. The Morgan fingerprint density at radius 1 is 1.06 bits per heavy atom. The molecule has 0 amide bonds. The zero-order valence-electron chi connectivity index (χ0n) is 9.66. The standard InChI is InChI=1S/C15H11Br2N/c1-2-9-18-13-6-4-3-5-10(13)11-7-8-12(16)14(17)15(11)18/h2-8H,1,9H2. The smallest absolute Gasteiger partial charge is 0.0650 e. The van der Waals surface area contributed by atoms with Gasteiger partial charge < -0.3 is 4.57 Å². The summed E-state index contributed by atoms with van der Waals surface area (Å²) in [7, 11) is 0. The van der Waals surface area contributed by atoms with Crippen molar-refractivity contribution in [1.29, 1.82) is 0 Å². The normalized spacial score (nSPS) is 11.2. The molecule has 1 nitrogen and oxygen atoms in total. The van der Waals surface area contributed by atoms with Gasteiger partial charge in [-0.05, 0) is 44.0 Å². The number of para-hydroxylation sites is 1. The van der Waals surface area contributed by atoms with Crippen LogP contribution in [0.25, 0.3) is 21.8 Å². The van der Waals surface area contributed by atoms with Crippen LogP contribution in [0.4, 0.5) is 0 Å². The first-order valence-electron chi connectivity index (χ1n) is 5.70. The van der Waals surface area contributed by atoms with Gasteiger partial charge >= 0.3 is 0 Å². The third-order valence-corrected chi connectivity index (χ3v) is 5.13. The largest absolute Gasteiger partial charge is 0.336 e. The van der Waals surface area contributed by atoms with Crippen LogP contribution in [0.3, 0.4) is 0 Å². The van der Waals surface area contributed by atoms with Crippen LogP contribution in [0.1, 0.15) is 0 Å². The minimum absolute atomic E-state index is 0.805. The van der Waals surface area contributed by atoms with Crippen LogP contribution < -0.4 is 0 Å². The van der Waals surface area contributed by atoms with Gasteiger partial charge in [0, 0.05) is 27.3 Å². The van der Waals surface area contributed by atoms with Crippen molar-refractivity contribution in [3.05, 3.63) is 58.0 Å². The Labute approximate surface area is 122 Å². The number of hydrogen-bond acceptors (Lipinski definition) is 0. The molecule has 2 aromatic carbocycles. The highest BCUT2D eigenvalue weighted by Gasteiger charge is 2.13. The van der Waals surface area contributed by atoms with Crippen molar-refractivity contribution in [2.75, 3.05) is 0 Å². The topological polar surface area (TPSA) is 4.93 Å². The van der Waals surface area contributed by atoms with Crippen molar-refractivity contribution in [1.82, 2.24) is 4.57 Å². The SMILES string of the molecule is C=CCn1c2ccccc2c2ccc(Br)c(Br)c21. The van der Waals surface area contributed by atoms with Gasteiger partial charge in [0.15, 0.2) is 0 Å². The van der Waals surface area contributed by atoms with E-state index in [1.807, 2.05) is 6.08 Å². The Morgan fingerprint density at radius 2 is 1.83 bits per heavy atom. The highest BCUT2D eigenvalue weighted by atomic mass is 79.9. The van der Waals surface area contributed by atoms with Gasteiger partial charge in [-0.25, -0.2) is 0 Å². The highest BCUT2D eigenvalue weighted by Crippen LogP contribution is 2.37. The monoisotopic (exact) mass is 363 g/mol. The molecule has 18 heavy (non-hydrogen) atoms. The lowest BCUT2D eigenvalue weighted by Crippen LogP contribution is -1.94. The molecule has 0 saturated heterocycles. The van der Waals surface area contributed by atoms with Crippen molar-refractivity contribution >= 4 is 53.7 Å². The van der Waals surface area contributed by atoms with Gasteiger partial charge in [0.25, 0.3) is 0 Å². The lowest BCUT2D eigenvalue weighted by atomic mass is 10.2. The maximum Gasteiger partial charge on any atom is 0.0650 e. The van der Waals surface area contributed by atoms with Crippen LogP contribution in [0.15, 0.2) is 58.0 Å². The summed E-state index contributed by atoms with van der Waals surface area (Å²) >= 11 is 7.25. The predicted octanol–water partition coefficient (Wildman–Crippen LogP) is 5.51. The number of hydrogen-bond donors (Lipinski definition) is 0. The van der Waals surface area contributed by atoms with Gasteiger partial charge in [0.2, 0.25) is 0 Å². The van der Waals surface area contributed by atoms with E-state index in [1.54, 1.807) is 0 Å². The number of aromatic nitrogens is 1. The Kier molecular flexibility index (Phi) is 3.04. The van der Waals surface area contributed by atoms with E-state index in [1.165, 1.54) is 21.8 Å². The first-order chi connectivity index (χ1) is 8.74. The van der Waals surface area contributed by atoms with E-state index in [2.05, 4.69) is 79.4 Å². The maximum absolute atomic E-state index is 3.85. The maximum atomic E-state index is 3.85. The fourth-order valence-electron chi connectivity index (χ4n) is 2.40. The molecule has 3 aromatic rings. The number of benzene rings is 2. The molecule has 0 atom stereocenters. The summed E-state index contributed by atoms with van der Waals surface area (Å²) in [5.74, 6) is 0. The number of nitrogens with zero attached hydrogens (tertiary/aromatic N) is 1. The number of rotatable bonds is 2. The zero-order valence-corrected chi connectivity index (χ0v) is 12.8. The Balaban J connectivity index is 2.58. The summed E-state index contributed by atoms with van der Waals surface area (Å²) in [4.78, 5) is 0. The summed E-state index contributed by atoms with van der Waals surface area (Å²) in [6.45, 7) is 4.66. The first-order valence-corrected chi connectivity index (χ1v) is 7.28. The van der Waals surface area contributed by atoms with E-state index in [4.69, 9.17) is 0 Å². The second-order valence-electron chi connectivity index (χ2n) is 4.17. The zero-order chi connectivity index (χ0) is 12.7. The molecule has 0 aliphatic carbocycles. The molecule has 0 saturated carbocycles. The lowest BCUT2D eigenvalue weighted by molar-refractivity contribution is 0.899. The molecule has 0 spiro atoms. The summed E-state index contributed by atoms with van der Waals surface area (Å²) in [5.41, 5.74) is 2.46. The average molecular weight is 365 g/mol. The van der Waals surface area contributed by atoms with Crippen molar-refractivity contribution in [2.24, 2.45) is 0 Å². The van der Waals surface area contributed by atoms with Crippen LogP contribution in [0.5, 0.6) is 0 Å². The quantitative estimate of drug-likeness (QED) is 0.528. The molecule has 1 aromatic heterocycles. The van der Waals surface area contributed by atoms with Crippen LogP contribution in [0, 0.1) is 0 Å². The van der Waals surface area contributed by atoms with E-state index >= 15 is 0 Å². The average Bonchev–Trinajstić information content (AvgIpc) is 2.70. The molecule has 0 fully saturated rings. The molecule has 3 heteroatoms. The van der Waals surface area contributed by atoms with E-state index in [9.17, 15) is 0 Å². The molecule has 0 aliphatic heterocycles. The van der Waals surface area contributed by atoms with Crippen molar-refractivity contribution < 1.29 is 0 Å². The molecule has 0 bridgehead atoms. The molecular weight excluding hydrogens is 354 g/mol. The minimum atomic E-state index is 0.805. The van der Waals surface area contributed by atoms with Crippen LogP contribution in [-0.2, 0) is 6.54 Å². The van der Waals surface area contributed by atoms with Crippen molar-refractivity contribution in [3.63, 3.8) is 0 Å². The second kappa shape index (κ2) is 4.56. The lowest BCUT2D eigenvalue weighted by Gasteiger charge is -2.06. The van der Waals surface area contributed by atoms with Gasteiger partial charge in [-0.3, -0.25) is 0 Å². The molecule has 0 radical (unpaired) electrons. The molecular formula is C15H11Br2N. The summed E-state index contributed by atoms with van der Waals surface area (Å²) < 4.78 is 4.45. The highest BCUT2D eigenvalue weighted by molar-refractivity contribution is 9.13. The van der Waals surface area contributed by atoms with Gasteiger partial charge in [-0.1, -0.05) is 30.3 Å². The van der Waals surface area contributed by atoms with Gasteiger partial charge in [0.05, 0.1) is 9.99 Å². The molecule has 0 aliphatic rings. The van der Waals surface area contributed by atoms with Crippen LogP contribution in [-0.4, -0.2) is 4.57 Å². The number of fused-ring (bicyclic) bond motifs is 3. The molecule has 0 N–H and O–H groups in total. The third kappa shape index (κ3) is 1.65. The molecule has 3 rings (SSSR count). The molecule has 1 heterocycles. The van der Waals surface area contributed by atoms with Gasteiger partial charge in [-0.15, -0.1) is 6.58 Å². The number of halogens is 2. The predicted molar refractivity (Wildman–Crippen MR) is 85.0 cm³/mol. The van der Waals surface area contributed by atoms with Gasteiger partial charge in [0.1, 0.15) is 0 Å². The summed E-state index contributed by atoms with van der Waals surface area (Å²) in [5, 5.41) is 2.55. The minimum Gasteiger partial charge on any atom is -0.336 e.